The molecule has 1 aliphatic heterocycles. The SMILES string of the molecule is CC(C(=O)NCc1ccccn1)N1CCN(c2ccc(Cl)cc2)CC1. The van der Waals surface area contributed by atoms with Gasteiger partial charge in [0, 0.05) is 43.1 Å². The topological polar surface area (TPSA) is 48.5 Å². The quantitative estimate of drug-likeness (QED) is 0.892. The third-order valence-electron chi connectivity index (χ3n) is 4.60. The van der Waals surface area contributed by atoms with Crippen molar-refractivity contribution in [3.8, 4) is 0 Å². The van der Waals surface area contributed by atoms with Gasteiger partial charge in [0.05, 0.1) is 18.3 Å². The fraction of sp³-hybridized carbons (Fsp3) is 0.368. The van der Waals surface area contributed by atoms with Crippen molar-refractivity contribution >= 4 is 23.2 Å². The van der Waals surface area contributed by atoms with Gasteiger partial charge in [0.25, 0.3) is 0 Å². The van der Waals surface area contributed by atoms with E-state index in [1.807, 2.05) is 49.4 Å². The Balaban J connectivity index is 1.48. The maximum Gasteiger partial charge on any atom is 0.237 e. The number of amides is 1. The van der Waals surface area contributed by atoms with E-state index in [2.05, 4.69) is 20.1 Å². The molecular weight excluding hydrogens is 336 g/mol. The Bertz CT molecular complexity index is 684. The number of nitrogens with one attached hydrogen (secondary N) is 1. The van der Waals surface area contributed by atoms with Crippen LogP contribution in [0.2, 0.25) is 5.02 Å². The second-order valence-electron chi connectivity index (χ2n) is 6.21. The summed E-state index contributed by atoms with van der Waals surface area (Å²) in [6.07, 6.45) is 1.74. The van der Waals surface area contributed by atoms with Crippen LogP contribution in [0.25, 0.3) is 0 Å². The molecule has 1 N–H and O–H groups in total. The van der Waals surface area contributed by atoms with Gasteiger partial charge < -0.3 is 10.2 Å². The first-order valence-electron chi connectivity index (χ1n) is 8.55. The van der Waals surface area contributed by atoms with E-state index in [4.69, 9.17) is 11.6 Å². The minimum absolute atomic E-state index is 0.0468. The van der Waals surface area contributed by atoms with Crippen LogP contribution in [0.3, 0.4) is 0 Å². The first-order chi connectivity index (χ1) is 12.1. The third-order valence-corrected chi connectivity index (χ3v) is 4.86. The van der Waals surface area contributed by atoms with Crippen LogP contribution in [0.1, 0.15) is 12.6 Å². The summed E-state index contributed by atoms with van der Waals surface area (Å²) in [6, 6.07) is 13.5. The molecule has 3 rings (SSSR count). The summed E-state index contributed by atoms with van der Waals surface area (Å²) in [5.74, 6) is 0.0468. The predicted molar refractivity (Wildman–Crippen MR) is 101 cm³/mol. The van der Waals surface area contributed by atoms with E-state index < -0.39 is 0 Å². The van der Waals surface area contributed by atoms with Crippen LogP contribution < -0.4 is 10.2 Å². The molecule has 5 nitrogen and oxygen atoms in total. The molecule has 1 atom stereocenters. The number of carbonyl (C=O) groups is 1. The number of hydrogen-bond donors (Lipinski definition) is 1. The number of carbonyl (C=O) groups excluding carboxylic acids is 1. The molecule has 132 valence electrons. The molecule has 1 saturated heterocycles. The van der Waals surface area contributed by atoms with Crippen molar-refractivity contribution in [1.29, 1.82) is 0 Å². The lowest BCUT2D eigenvalue weighted by atomic mass is 10.2. The Kier molecular flexibility index (Phi) is 5.89. The number of piperazine rings is 1. The van der Waals surface area contributed by atoms with Gasteiger partial charge in [-0.05, 0) is 43.3 Å². The molecule has 0 aliphatic carbocycles. The van der Waals surface area contributed by atoms with E-state index >= 15 is 0 Å². The third kappa shape index (κ3) is 4.71. The Morgan fingerprint density at radius 1 is 1.16 bits per heavy atom. The molecule has 2 heterocycles. The number of halogens is 1. The molecule has 1 aromatic carbocycles. The molecule has 0 saturated carbocycles. The lowest BCUT2D eigenvalue weighted by Gasteiger charge is -2.38. The first kappa shape index (κ1) is 17.7. The molecule has 1 aromatic heterocycles. The highest BCUT2D eigenvalue weighted by Gasteiger charge is 2.25. The van der Waals surface area contributed by atoms with Gasteiger partial charge in [-0.3, -0.25) is 14.7 Å². The zero-order valence-electron chi connectivity index (χ0n) is 14.4. The van der Waals surface area contributed by atoms with Gasteiger partial charge in [0.1, 0.15) is 0 Å². The first-order valence-corrected chi connectivity index (χ1v) is 8.93. The summed E-state index contributed by atoms with van der Waals surface area (Å²) in [5, 5.41) is 3.72. The van der Waals surface area contributed by atoms with E-state index in [0.717, 1.165) is 36.9 Å². The number of rotatable bonds is 5. The van der Waals surface area contributed by atoms with Crippen molar-refractivity contribution in [2.45, 2.75) is 19.5 Å². The summed E-state index contributed by atoms with van der Waals surface area (Å²) in [5.41, 5.74) is 2.05. The van der Waals surface area contributed by atoms with Gasteiger partial charge in [-0.1, -0.05) is 17.7 Å². The Morgan fingerprint density at radius 2 is 1.88 bits per heavy atom. The largest absolute Gasteiger partial charge is 0.369 e. The number of nitrogens with zero attached hydrogens (tertiary/aromatic N) is 3. The predicted octanol–water partition coefficient (Wildman–Crippen LogP) is 2.56. The zero-order valence-corrected chi connectivity index (χ0v) is 15.1. The Morgan fingerprint density at radius 3 is 2.52 bits per heavy atom. The molecule has 25 heavy (non-hydrogen) atoms. The number of anilines is 1. The maximum atomic E-state index is 12.4. The van der Waals surface area contributed by atoms with Gasteiger partial charge in [-0.25, -0.2) is 0 Å². The fourth-order valence-electron chi connectivity index (χ4n) is 3.01. The van der Waals surface area contributed by atoms with E-state index in [-0.39, 0.29) is 11.9 Å². The van der Waals surface area contributed by atoms with Gasteiger partial charge in [0.15, 0.2) is 0 Å². The molecule has 0 radical (unpaired) electrons. The monoisotopic (exact) mass is 358 g/mol. The number of benzene rings is 1. The minimum atomic E-state index is -0.143. The van der Waals surface area contributed by atoms with Crippen LogP contribution in [0.15, 0.2) is 48.7 Å². The molecule has 0 bridgehead atoms. The molecule has 1 aliphatic rings. The maximum absolute atomic E-state index is 12.4. The van der Waals surface area contributed by atoms with Crippen LogP contribution >= 0.6 is 11.6 Å². The Hall–Kier alpha value is -2.11. The van der Waals surface area contributed by atoms with Crippen molar-refractivity contribution < 1.29 is 4.79 Å². The molecule has 1 unspecified atom stereocenters. The van der Waals surface area contributed by atoms with Crippen LogP contribution in [-0.2, 0) is 11.3 Å². The van der Waals surface area contributed by atoms with Gasteiger partial charge >= 0.3 is 0 Å². The minimum Gasteiger partial charge on any atom is -0.369 e. The van der Waals surface area contributed by atoms with Crippen molar-refractivity contribution in [2.24, 2.45) is 0 Å². The van der Waals surface area contributed by atoms with Crippen molar-refractivity contribution in [3.63, 3.8) is 0 Å². The van der Waals surface area contributed by atoms with Crippen molar-refractivity contribution in [2.75, 3.05) is 31.1 Å². The summed E-state index contributed by atoms with van der Waals surface area (Å²) < 4.78 is 0. The number of aromatic nitrogens is 1. The normalized spacial score (nSPS) is 16.5. The van der Waals surface area contributed by atoms with E-state index in [1.54, 1.807) is 6.20 Å². The second kappa shape index (κ2) is 8.32. The molecule has 2 aromatic rings. The average Bonchev–Trinajstić information content (AvgIpc) is 2.67. The van der Waals surface area contributed by atoms with Crippen LogP contribution in [0.5, 0.6) is 0 Å². The van der Waals surface area contributed by atoms with Gasteiger partial charge in [0.2, 0.25) is 5.91 Å². The highest BCUT2D eigenvalue weighted by Crippen LogP contribution is 2.20. The Labute approximate surface area is 153 Å². The standard InChI is InChI=1S/C19H23ClN4O/c1-15(19(25)22-14-17-4-2-3-9-21-17)23-10-12-24(13-11-23)18-7-5-16(20)6-8-18/h2-9,15H,10-14H2,1H3,(H,22,25). The molecule has 1 fully saturated rings. The molecule has 6 heteroatoms. The van der Waals surface area contributed by atoms with Gasteiger partial charge in [-0.2, -0.15) is 0 Å². The van der Waals surface area contributed by atoms with E-state index in [1.165, 1.54) is 5.69 Å². The van der Waals surface area contributed by atoms with Crippen molar-refractivity contribution in [3.05, 3.63) is 59.4 Å². The smallest absolute Gasteiger partial charge is 0.237 e. The summed E-state index contributed by atoms with van der Waals surface area (Å²) >= 11 is 5.95. The second-order valence-corrected chi connectivity index (χ2v) is 6.65. The summed E-state index contributed by atoms with van der Waals surface area (Å²) in [4.78, 5) is 21.2. The fourth-order valence-corrected chi connectivity index (χ4v) is 3.14. The number of hydrogen-bond acceptors (Lipinski definition) is 4. The average molecular weight is 359 g/mol. The summed E-state index contributed by atoms with van der Waals surface area (Å²) in [6.45, 7) is 5.96. The lowest BCUT2D eigenvalue weighted by Crippen LogP contribution is -2.53. The summed E-state index contributed by atoms with van der Waals surface area (Å²) in [7, 11) is 0. The van der Waals surface area contributed by atoms with Crippen LogP contribution in [0.4, 0.5) is 5.69 Å². The van der Waals surface area contributed by atoms with Crippen LogP contribution in [0, 0.1) is 0 Å². The molecular formula is C19H23ClN4O. The van der Waals surface area contributed by atoms with E-state index in [0.29, 0.717) is 6.54 Å². The van der Waals surface area contributed by atoms with Gasteiger partial charge in [-0.15, -0.1) is 0 Å². The highest BCUT2D eigenvalue weighted by atomic mass is 35.5. The number of pyridine rings is 1. The molecule has 1 amide bonds. The lowest BCUT2D eigenvalue weighted by molar-refractivity contribution is -0.126. The van der Waals surface area contributed by atoms with Crippen molar-refractivity contribution in [1.82, 2.24) is 15.2 Å². The molecule has 0 spiro atoms. The van der Waals surface area contributed by atoms with Crippen LogP contribution in [-0.4, -0.2) is 48.0 Å². The highest BCUT2D eigenvalue weighted by molar-refractivity contribution is 6.30. The zero-order chi connectivity index (χ0) is 17.6. The van der Waals surface area contributed by atoms with E-state index in [9.17, 15) is 4.79 Å².